The largest absolute Gasteiger partial charge is 0.493 e. The van der Waals surface area contributed by atoms with E-state index in [1.54, 1.807) is 0 Å². The predicted octanol–water partition coefficient (Wildman–Crippen LogP) is 2.47. The van der Waals surface area contributed by atoms with Crippen molar-refractivity contribution in [2.45, 2.75) is 38.3 Å². The zero-order valence-electron chi connectivity index (χ0n) is 11.7. The molecular weight excluding hydrogens is 320 g/mol. The minimum absolute atomic E-state index is 0.0561. The maximum Gasteiger partial charge on any atom is 0.223 e. The van der Waals surface area contributed by atoms with E-state index < -0.39 is 0 Å². The monoisotopic (exact) mass is 340 g/mol. The van der Waals surface area contributed by atoms with Crippen LogP contribution < -0.4 is 15.4 Å². The van der Waals surface area contributed by atoms with Crippen molar-refractivity contribution in [1.29, 1.82) is 0 Å². The van der Waals surface area contributed by atoms with Crippen LogP contribution >= 0.6 is 15.9 Å². The van der Waals surface area contributed by atoms with Gasteiger partial charge in [-0.1, -0.05) is 22.0 Å². The third kappa shape index (κ3) is 4.80. The number of hydrogen-bond acceptors (Lipinski definition) is 3. The normalized spacial score (nSPS) is 22.3. The van der Waals surface area contributed by atoms with Crippen molar-refractivity contribution < 1.29 is 9.53 Å². The lowest BCUT2D eigenvalue weighted by atomic mass is 10.00. The number of nitrogens with one attached hydrogen (secondary N) is 2. The van der Waals surface area contributed by atoms with Crippen molar-refractivity contribution in [3.05, 3.63) is 28.7 Å². The van der Waals surface area contributed by atoms with Crippen molar-refractivity contribution >= 4 is 21.8 Å². The van der Waals surface area contributed by atoms with Crippen LogP contribution in [-0.2, 0) is 4.79 Å². The minimum atomic E-state index is 0.0561. The fourth-order valence-corrected chi connectivity index (χ4v) is 2.72. The van der Waals surface area contributed by atoms with Gasteiger partial charge in [-0.15, -0.1) is 0 Å². The highest BCUT2D eigenvalue weighted by molar-refractivity contribution is 9.10. The Labute approximate surface area is 128 Å². The lowest BCUT2D eigenvalue weighted by Gasteiger charge is -2.30. The Kier molecular flexibility index (Phi) is 5.86. The predicted molar refractivity (Wildman–Crippen MR) is 82.9 cm³/mol. The van der Waals surface area contributed by atoms with E-state index in [1.807, 2.05) is 24.3 Å². The molecule has 0 saturated carbocycles. The molecule has 110 valence electrons. The molecule has 2 unspecified atom stereocenters. The van der Waals surface area contributed by atoms with Gasteiger partial charge in [0.15, 0.2) is 0 Å². The molecule has 2 rings (SSSR count). The summed E-state index contributed by atoms with van der Waals surface area (Å²) in [6, 6.07) is 8.22. The van der Waals surface area contributed by atoms with Crippen LogP contribution in [0.2, 0.25) is 0 Å². The molecule has 1 amide bonds. The van der Waals surface area contributed by atoms with Crippen LogP contribution in [0.1, 0.15) is 26.2 Å². The summed E-state index contributed by atoms with van der Waals surface area (Å²) in [4.78, 5) is 11.9. The first-order chi connectivity index (χ1) is 9.65. The molecule has 0 aromatic heterocycles. The molecule has 0 spiro atoms. The number of benzene rings is 1. The smallest absolute Gasteiger partial charge is 0.223 e. The Bertz CT molecular complexity index is 453. The van der Waals surface area contributed by atoms with Crippen LogP contribution in [0.25, 0.3) is 0 Å². The Morgan fingerprint density at radius 3 is 3.15 bits per heavy atom. The van der Waals surface area contributed by atoms with Crippen LogP contribution in [0, 0.1) is 0 Å². The van der Waals surface area contributed by atoms with Gasteiger partial charge in [-0.05, 0) is 44.5 Å². The molecule has 1 aliphatic rings. The van der Waals surface area contributed by atoms with E-state index in [9.17, 15) is 4.79 Å². The van der Waals surface area contributed by atoms with E-state index in [-0.39, 0.29) is 11.9 Å². The average molecular weight is 341 g/mol. The number of piperidine rings is 1. The molecule has 1 fully saturated rings. The minimum Gasteiger partial charge on any atom is -0.493 e. The second-order valence-electron chi connectivity index (χ2n) is 5.11. The van der Waals surface area contributed by atoms with Gasteiger partial charge >= 0.3 is 0 Å². The van der Waals surface area contributed by atoms with Gasteiger partial charge in [0.05, 0.1) is 13.0 Å². The van der Waals surface area contributed by atoms with Crippen molar-refractivity contribution in [2.75, 3.05) is 13.2 Å². The van der Waals surface area contributed by atoms with E-state index in [1.165, 1.54) is 0 Å². The number of carbonyl (C=O) groups is 1. The molecule has 2 N–H and O–H groups in total. The first-order valence-corrected chi connectivity index (χ1v) is 7.85. The molecule has 4 nitrogen and oxygen atoms in total. The molecule has 20 heavy (non-hydrogen) atoms. The second-order valence-corrected chi connectivity index (χ2v) is 6.03. The summed E-state index contributed by atoms with van der Waals surface area (Å²) in [6.07, 6.45) is 2.55. The van der Waals surface area contributed by atoms with Crippen LogP contribution in [-0.4, -0.2) is 31.1 Å². The summed E-state index contributed by atoms with van der Waals surface area (Å²) in [5.74, 6) is 0.834. The molecule has 1 aliphatic heterocycles. The summed E-state index contributed by atoms with van der Waals surface area (Å²) < 4.78 is 6.54. The van der Waals surface area contributed by atoms with Crippen LogP contribution in [0.3, 0.4) is 0 Å². The third-order valence-electron chi connectivity index (χ3n) is 3.50. The Balaban J connectivity index is 1.70. The molecule has 0 bridgehead atoms. The highest BCUT2D eigenvalue weighted by Gasteiger charge is 2.21. The number of ether oxygens (including phenoxy) is 1. The molecule has 1 aromatic rings. The maximum atomic E-state index is 11.9. The van der Waals surface area contributed by atoms with Gasteiger partial charge in [-0.25, -0.2) is 0 Å². The number of amides is 1. The lowest BCUT2D eigenvalue weighted by Crippen LogP contribution is -2.52. The molecular formula is C15H21BrN2O2. The van der Waals surface area contributed by atoms with Crippen molar-refractivity contribution in [3.63, 3.8) is 0 Å². The van der Waals surface area contributed by atoms with Gasteiger partial charge in [0, 0.05) is 16.6 Å². The standard InChI is InChI=1S/C15H21BrN2O2/c1-11-14(6-3-8-17-11)18-15(19)7-9-20-13-5-2-4-12(16)10-13/h2,4-5,10-11,14,17H,3,6-9H2,1H3,(H,18,19). The topological polar surface area (TPSA) is 50.4 Å². The fraction of sp³-hybridized carbons (Fsp3) is 0.533. The van der Waals surface area contributed by atoms with Gasteiger partial charge in [0.25, 0.3) is 0 Å². The summed E-state index contributed by atoms with van der Waals surface area (Å²) >= 11 is 3.39. The van der Waals surface area contributed by atoms with Gasteiger partial charge < -0.3 is 15.4 Å². The summed E-state index contributed by atoms with van der Waals surface area (Å²) in [5, 5.41) is 6.45. The lowest BCUT2D eigenvalue weighted by molar-refractivity contribution is -0.122. The van der Waals surface area contributed by atoms with Crippen LogP contribution in [0.4, 0.5) is 0 Å². The molecule has 0 aliphatic carbocycles. The van der Waals surface area contributed by atoms with E-state index in [0.717, 1.165) is 29.6 Å². The molecule has 2 atom stereocenters. The fourth-order valence-electron chi connectivity index (χ4n) is 2.34. The zero-order chi connectivity index (χ0) is 14.4. The first kappa shape index (κ1) is 15.3. The van der Waals surface area contributed by atoms with Gasteiger partial charge in [0.2, 0.25) is 5.91 Å². The Morgan fingerprint density at radius 2 is 2.40 bits per heavy atom. The maximum absolute atomic E-state index is 11.9. The van der Waals surface area contributed by atoms with Gasteiger partial charge in [0.1, 0.15) is 5.75 Å². The number of carbonyl (C=O) groups excluding carboxylic acids is 1. The average Bonchev–Trinajstić information content (AvgIpc) is 2.41. The van der Waals surface area contributed by atoms with E-state index in [2.05, 4.69) is 33.5 Å². The first-order valence-electron chi connectivity index (χ1n) is 7.06. The quantitative estimate of drug-likeness (QED) is 0.865. The van der Waals surface area contributed by atoms with E-state index in [0.29, 0.717) is 19.1 Å². The van der Waals surface area contributed by atoms with E-state index >= 15 is 0 Å². The highest BCUT2D eigenvalue weighted by Crippen LogP contribution is 2.17. The van der Waals surface area contributed by atoms with E-state index in [4.69, 9.17) is 4.74 Å². The SMILES string of the molecule is CC1NCCCC1NC(=O)CCOc1cccc(Br)c1. The third-order valence-corrected chi connectivity index (χ3v) is 4.00. The van der Waals surface area contributed by atoms with Crippen molar-refractivity contribution in [3.8, 4) is 5.75 Å². The molecule has 0 radical (unpaired) electrons. The summed E-state index contributed by atoms with van der Waals surface area (Å²) in [5.41, 5.74) is 0. The number of hydrogen-bond donors (Lipinski definition) is 2. The van der Waals surface area contributed by atoms with Gasteiger partial charge in [-0.3, -0.25) is 4.79 Å². The second kappa shape index (κ2) is 7.64. The van der Waals surface area contributed by atoms with Crippen LogP contribution in [0.15, 0.2) is 28.7 Å². The molecule has 1 saturated heterocycles. The summed E-state index contributed by atoms with van der Waals surface area (Å²) in [6.45, 7) is 3.55. The molecule has 5 heteroatoms. The van der Waals surface area contributed by atoms with Gasteiger partial charge in [-0.2, -0.15) is 0 Å². The zero-order valence-corrected chi connectivity index (χ0v) is 13.3. The number of halogens is 1. The van der Waals surface area contributed by atoms with Crippen molar-refractivity contribution in [2.24, 2.45) is 0 Å². The molecule has 1 aromatic carbocycles. The Hall–Kier alpha value is -1.07. The van der Waals surface area contributed by atoms with Crippen molar-refractivity contribution in [1.82, 2.24) is 10.6 Å². The Morgan fingerprint density at radius 1 is 1.55 bits per heavy atom. The summed E-state index contributed by atoms with van der Waals surface area (Å²) in [7, 11) is 0. The molecule has 1 heterocycles. The highest BCUT2D eigenvalue weighted by atomic mass is 79.9. The number of rotatable bonds is 5. The van der Waals surface area contributed by atoms with Crippen LogP contribution in [0.5, 0.6) is 5.75 Å².